The summed E-state index contributed by atoms with van der Waals surface area (Å²) >= 11 is 0. The van der Waals surface area contributed by atoms with Crippen LogP contribution in [0.3, 0.4) is 0 Å². The van der Waals surface area contributed by atoms with E-state index in [1.54, 1.807) is 19.9 Å². The molecule has 0 aliphatic carbocycles. The summed E-state index contributed by atoms with van der Waals surface area (Å²) in [7, 11) is -3.90. The van der Waals surface area contributed by atoms with Crippen LogP contribution >= 0.6 is 0 Å². The molecule has 0 saturated heterocycles. The van der Waals surface area contributed by atoms with Crippen LogP contribution in [0.4, 0.5) is 4.79 Å². The molecule has 1 amide bonds. The molecule has 0 saturated carbocycles. The summed E-state index contributed by atoms with van der Waals surface area (Å²) in [6.07, 6.45) is 0.585. The van der Waals surface area contributed by atoms with Crippen LogP contribution in [-0.4, -0.2) is 48.4 Å². The normalized spacial score (nSPS) is 15.0. The third kappa shape index (κ3) is 4.88. The van der Waals surface area contributed by atoms with Crippen molar-refractivity contribution in [2.24, 2.45) is 5.41 Å². The predicted molar refractivity (Wildman–Crippen MR) is 84.5 cm³/mol. The molecule has 23 heavy (non-hydrogen) atoms. The topological polar surface area (TPSA) is 129 Å². The molecular formula is C14H23N3O5S. The number of pyridine rings is 1. The Morgan fingerprint density at radius 2 is 1.96 bits per heavy atom. The van der Waals surface area contributed by atoms with Gasteiger partial charge in [0.2, 0.25) is 0 Å². The van der Waals surface area contributed by atoms with Crippen LogP contribution in [0.5, 0.6) is 0 Å². The van der Waals surface area contributed by atoms with Crippen LogP contribution in [0.15, 0.2) is 29.4 Å². The van der Waals surface area contributed by atoms with Gasteiger partial charge in [0.25, 0.3) is 10.0 Å². The molecular weight excluding hydrogens is 322 g/mol. The molecule has 0 radical (unpaired) electrons. The second-order valence-corrected chi connectivity index (χ2v) is 7.63. The first-order valence-corrected chi connectivity index (χ1v) is 8.62. The molecule has 0 aliphatic heterocycles. The number of carbonyl (C=O) groups is 1. The molecule has 1 heterocycles. The molecule has 0 fully saturated rings. The summed E-state index contributed by atoms with van der Waals surface area (Å²) < 4.78 is 26.7. The number of aromatic nitrogens is 1. The van der Waals surface area contributed by atoms with Gasteiger partial charge in [-0.1, -0.05) is 26.8 Å². The Balaban J connectivity index is 2.96. The average Bonchev–Trinajstić information content (AvgIpc) is 2.51. The molecule has 1 atom stereocenters. The van der Waals surface area contributed by atoms with Gasteiger partial charge in [-0.2, -0.15) is 0 Å². The smallest absolute Gasteiger partial charge is 0.404 e. The molecule has 0 bridgehead atoms. The van der Waals surface area contributed by atoms with Crippen LogP contribution in [0, 0.1) is 5.41 Å². The van der Waals surface area contributed by atoms with Gasteiger partial charge >= 0.3 is 6.09 Å². The summed E-state index contributed by atoms with van der Waals surface area (Å²) in [6.45, 7) is 4.68. The molecule has 8 nitrogen and oxygen atoms in total. The summed E-state index contributed by atoms with van der Waals surface area (Å²) in [5.74, 6) is 0. The number of carboxylic acid groups (broad SMARTS) is 1. The zero-order valence-corrected chi connectivity index (χ0v) is 14.2. The highest BCUT2D eigenvalue weighted by Crippen LogP contribution is 2.33. The van der Waals surface area contributed by atoms with E-state index in [9.17, 15) is 18.3 Å². The summed E-state index contributed by atoms with van der Waals surface area (Å²) in [4.78, 5) is 14.5. The maximum absolute atomic E-state index is 12.2. The highest BCUT2D eigenvalue weighted by atomic mass is 32.2. The monoisotopic (exact) mass is 345 g/mol. The number of hydrogen-bond acceptors (Lipinski definition) is 5. The number of hydrogen-bond donors (Lipinski definition) is 4. The summed E-state index contributed by atoms with van der Waals surface area (Å²) in [5.41, 5.74) is -2.32. The van der Waals surface area contributed by atoms with Crippen LogP contribution in [0.1, 0.15) is 27.2 Å². The van der Waals surface area contributed by atoms with Crippen molar-refractivity contribution in [3.05, 3.63) is 24.4 Å². The van der Waals surface area contributed by atoms with Crippen molar-refractivity contribution < 1.29 is 23.4 Å². The number of rotatable bonds is 8. The van der Waals surface area contributed by atoms with Crippen molar-refractivity contribution in [2.75, 3.05) is 13.1 Å². The first-order chi connectivity index (χ1) is 10.5. The largest absolute Gasteiger partial charge is 0.465 e. The minimum Gasteiger partial charge on any atom is -0.465 e. The number of nitrogens with one attached hydrogen (secondary N) is 2. The Bertz CT molecular complexity index is 633. The predicted octanol–water partition coefficient (Wildman–Crippen LogP) is 0.795. The van der Waals surface area contributed by atoms with Crippen LogP contribution in [-0.2, 0) is 10.0 Å². The summed E-state index contributed by atoms with van der Waals surface area (Å²) in [6, 6.07) is 4.46. The first kappa shape index (κ1) is 19.3. The van der Waals surface area contributed by atoms with E-state index in [1.807, 2.05) is 6.92 Å². The number of amides is 1. The van der Waals surface area contributed by atoms with Crippen LogP contribution < -0.4 is 10.0 Å². The molecule has 0 aliphatic rings. The number of sulfonamides is 1. The maximum Gasteiger partial charge on any atom is 0.404 e. The molecule has 130 valence electrons. The highest BCUT2D eigenvalue weighted by molar-refractivity contribution is 7.89. The Labute approximate surface area is 136 Å². The summed E-state index contributed by atoms with van der Waals surface area (Å²) in [5, 5.41) is 21.5. The van der Waals surface area contributed by atoms with Crippen molar-refractivity contribution in [1.82, 2.24) is 15.0 Å². The fraction of sp³-hybridized carbons (Fsp3) is 0.571. The van der Waals surface area contributed by atoms with Crippen molar-refractivity contribution in [3.8, 4) is 0 Å². The average molecular weight is 345 g/mol. The van der Waals surface area contributed by atoms with Gasteiger partial charge in [0.05, 0.1) is 6.54 Å². The Kier molecular flexibility index (Phi) is 6.09. The van der Waals surface area contributed by atoms with E-state index in [0.29, 0.717) is 6.42 Å². The van der Waals surface area contributed by atoms with Crippen molar-refractivity contribution >= 4 is 16.1 Å². The van der Waals surface area contributed by atoms with Crippen molar-refractivity contribution in [1.29, 1.82) is 0 Å². The maximum atomic E-state index is 12.2. The Morgan fingerprint density at radius 1 is 1.30 bits per heavy atom. The van der Waals surface area contributed by atoms with E-state index in [2.05, 4.69) is 15.0 Å². The molecule has 1 aromatic heterocycles. The fourth-order valence-corrected chi connectivity index (χ4v) is 2.92. The van der Waals surface area contributed by atoms with Gasteiger partial charge in [0.15, 0.2) is 5.03 Å². The molecule has 4 N–H and O–H groups in total. The number of aliphatic hydroxyl groups is 1. The van der Waals surface area contributed by atoms with Gasteiger partial charge < -0.3 is 15.5 Å². The Hall–Kier alpha value is -1.71. The SMILES string of the molecule is CCC(C)(C)[C@](O)(CNC(=O)O)CNS(=O)(=O)c1ccccn1. The van der Waals surface area contributed by atoms with Gasteiger partial charge in [-0.3, -0.25) is 0 Å². The fourth-order valence-electron chi connectivity index (χ4n) is 1.89. The van der Waals surface area contributed by atoms with E-state index in [1.165, 1.54) is 18.3 Å². The Morgan fingerprint density at radius 3 is 2.43 bits per heavy atom. The molecule has 1 aromatic rings. The zero-order valence-electron chi connectivity index (χ0n) is 13.4. The van der Waals surface area contributed by atoms with Gasteiger partial charge in [-0.25, -0.2) is 22.9 Å². The van der Waals surface area contributed by atoms with Gasteiger partial charge in [0.1, 0.15) is 5.60 Å². The van der Waals surface area contributed by atoms with E-state index in [0.717, 1.165) is 0 Å². The third-order valence-electron chi connectivity index (χ3n) is 4.14. The van der Waals surface area contributed by atoms with Crippen LogP contribution in [0.25, 0.3) is 0 Å². The zero-order chi connectivity index (χ0) is 17.7. The minimum atomic E-state index is -3.90. The second-order valence-electron chi connectivity index (χ2n) is 5.92. The minimum absolute atomic E-state index is 0.164. The van der Waals surface area contributed by atoms with E-state index < -0.39 is 27.1 Å². The lowest BCUT2D eigenvalue weighted by molar-refractivity contribution is -0.0608. The van der Waals surface area contributed by atoms with E-state index >= 15 is 0 Å². The number of nitrogens with zero attached hydrogens (tertiary/aromatic N) is 1. The quantitative estimate of drug-likeness (QED) is 0.551. The standard InChI is InChI=1S/C14H23N3O5S/c1-4-13(2,3)14(20,9-16-12(18)19)10-17-23(21,22)11-7-5-6-8-15-11/h5-8,16-17,20H,4,9-10H2,1-3H3,(H,18,19)/t14-/m0/s1. The van der Waals surface area contributed by atoms with Gasteiger partial charge in [-0.05, 0) is 24.0 Å². The molecule has 1 rings (SSSR count). The van der Waals surface area contributed by atoms with E-state index in [-0.39, 0.29) is 18.1 Å². The van der Waals surface area contributed by atoms with Crippen molar-refractivity contribution in [3.63, 3.8) is 0 Å². The molecule has 0 aromatic carbocycles. The molecule has 9 heteroatoms. The molecule has 0 spiro atoms. The van der Waals surface area contributed by atoms with Crippen molar-refractivity contribution in [2.45, 2.75) is 37.8 Å². The highest BCUT2D eigenvalue weighted by Gasteiger charge is 2.43. The lowest BCUT2D eigenvalue weighted by Crippen LogP contribution is -2.58. The van der Waals surface area contributed by atoms with Gasteiger partial charge in [0, 0.05) is 12.7 Å². The third-order valence-corrected chi connectivity index (χ3v) is 5.46. The van der Waals surface area contributed by atoms with Crippen LogP contribution in [0.2, 0.25) is 0 Å². The van der Waals surface area contributed by atoms with E-state index in [4.69, 9.17) is 5.11 Å². The lowest BCUT2D eigenvalue weighted by atomic mass is 9.73. The molecule has 0 unspecified atom stereocenters. The van der Waals surface area contributed by atoms with Gasteiger partial charge in [-0.15, -0.1) is 0 Å². The first-order valence-electron chi connectivity index (χ1n) is 7.14. The lowest BCUT2D eigenvalue weighted by Gasteiger charge is -2.42. The second kappa shape index (κ2) is 7.24.